The Bertz CT molecular complexity index is 379. The zero-order chi connectivity index (χ0) is 13.8. The Hall–Kier alpha value is -0.420. The Morgan fingerprint density at radius 1 is 1.17 bits per heavy atom. The summed E-state index contributed by atoms with van der Waals surface area (Å²) in [6.07, 6.45) is 5.27. The number of hydrogen-bond donors (Lipinski definition) is 0. The van der Waals surface area contributed by atoms with Crippen molar-refractivity contribution in [3.8, 4) is 0 Å². The molecule has 0 bridgehead atoms. The Morgan fingerprint density at radius 3 is 2.06 bits per heavy atom. The molecule has 0 atom stereocenters. The van der Waals surface area contributed by atoms with Gasteiger partial charge in [0, 0.05) is 12.7 Å². The first-order chi connectivity index (χ1) is 8.35. The van der Waals surface area contributed by atoms with Gasteiger partial charge >= 0.3 is 0 Å². The van der Waals surface area contributed by atoms with E-state index in [1.807, 2.05) is 0 Å². The van der Waals surface area contributed by atoms with Gasteiger partial charge in [-0.2, -0.15) is 0 Å². The van der Waals surface area contributed by atoms with Crippen LogP contribution in [0, 0.1) is 0 Å². The molecule has 0 amide bonds. The van der Waals surface area contributed by atoms with Crippen molar-refractivity contribution >= 4 is 15.6 Å². The number of ketones is 1. The van der Waals surface area contributed by atoms with Crippen molar-refractivity contribution in [1.82, 2.24) is 4.90 Å². The van der Waals surface area contributed by atoms with Crippen LogP contribution in [0.15, 0.2) is 0 Å². The third-order valence-electron chi connectivity index (χ3n) is 4.02. The summed E-state index contributed by atoms with van der Waals surface area (Å²) in [5.41, 5.74) is -0.381. The Kier molecular flexibility index (Phi) is 5.34. The number of carbonyl (C=O) groups excluding carboxylic acids is 1. The maximum Gasteiger partial charge on any atom is 0.154 e. The fourth-order valence-corrected chi connectivity index (χ4v) is 3.63. The normalized spacial score (nSPS) is 19.3. The second-order valence-corrected chi connectivity index (χ2v) is 7.47. The minimum absolute atomic E-state index is 0.0190. The summed E-state index contributed by atoms with van der Waals surface area (Å²) < 4.78 is 22.4. The lowest BCUT2D eigenvalue weighted by Gasteiger charge is -2.39. The molecule has 0 heterocycles. The monoisotopic (exact) mass is 275 g/mol. The first-order valence-electron chi connectivity index (χ1n) is 6.82. The topological polar surface area (TPSA) is 54.5 Å². The fraction of sp³-hybridized carbons (Fsp3) is 0.923. The minimum atomic E-state index is -3.05. The highest BCUT2D eigenvalue weighted by Crippen LogP contribution is 2.36. The zero-order valence-corrected chi connectivity index (χ0v) is 12.6. The quantitative estimate of drug-likeness (QED) is 0.709. The summed E-state index contributed by atoms with van der Waals surface area (Å²) in [5, 5.41) is 0. The van der Waals surface area contributed by atoms with Gasteiger partial charge < -0.3 is 0 Å². The molecule has 0 aromatic heterocycles. The Morgan fingerprint density at radius 2 is 1.67 bits per heavy atom. The first-order valence-corrected chi connectivity index (χ1v) is 8.88. The summed E-state index contributed by atoms with van der Waals surface area (Å²) >= 11 is 0. The van der Waals surface area contributed by atoms with Gasteiger partial charge in [-0.3, -0.25) is 9.69 Å². The van der Waals surface area contributed by atoms with Crippen molar-refractivity contribution in [2.24, 2.45) is 0 Å². The lowest BCUT2D eigenvalue weighted by Crippen LogP contribution is -2.53. The third-order valence-corrected chi connectivity index (χ3v) is 4.96. The van der Waals surface area contributed by atoms with Crippen molar-refractivity contribution in [3.63, 3.8) is 0 Å². The van der Waals surface area contributed by atoms with Crippen LogP contribution in [0.25, 0.3) is 0 Å². The lowest BCUT2D eigenvalue weighted by molar-refractivity contribution is -0.130. The van der Waals surface area contributed by atoms with E-state index in [0.717, 1.165) is 38.8 Å². The maximum atomic E-state index is 12.5. The van der Waals surface area contributed by atoms with Gasteiger partial charge in [0.25, 0.3) is 0 Å². The van der Waals surface area contributed by atoms with E-state index >= 15 is 0 Å². The highest BCUT2D eigenvalue weighted by atomic mass is 32.2. The molecule has 1 saturated carbocycles. The average Bonchev–Trinajstić information content (AvgIpc) is 2.77. The van der Waals surface area contributed by atoms with E-state index in [-0.39, 0.29) is 23.5 Å². The van der Waals surface area contributed by atoms with E-state index in [1.54, 1.807) is 0 Å². The molecule has 0 saturated heterocycles. The molecule has 0 radical (unpaired) electrons. The van der Waals surface area contributed by atoms with Crippen LogP contribution in [0.2, 0.25) is 0 Å². The van der Waals surface area contributed by atoms with Gasteiger partial charge in [0.2, 0.25) is 0 Å². The number of carbonyl (C=O) groups is 1. The second kappa shape index (κ2) is 6.15. The standard InChI is InChI=1S/C13H25NO3S/c1-4-14(5-2)13(9-6-7-10-13)12(15)8-11-18(3,16)17/h4-11H2,1-3H3. The molecule has 0 aromatic carbocycles. The van der Waals surface area contributed by atoms with Crippen molar-refractivity contribution in [1.29, 1.82) is 0 Å². The summed E-state index contributed by atoms with van der Waals surface area (Å²) in [5.74, 6) is 0.101. The van der Waals surface area contributed by atoms with E-state index < -0.39 is 9.84 Å². The highest BCUT2D eigenvalue weighted by molar-refractivity contribution is 7.90. The molecule has 106 valence electrons. The molecule has 1 aliphatic carbocycles. The molecule has 1 rings (SSSR count). The van der Waals surface area contributed by atoms with Crippen LogP contribution in [0.3, 0.4) is 0 Å². The number of likely N-dealkylation sites (N-methyl/N-ethyl adjacent to an activating group) is 1. The molecule has 1 fully saturated rings. The van der Waals surface area contributed by atoms with Crippen LogP contribution < -0.4 is 0 Å². The maximum absolute atomic E-state index is 12.5. The van der Waals surface area contributed by atoms with Gasteiger partial charge in [-0.25, -0.2) is 8.42 Å². The molecule has 0 aliphatic heterocycles. The smallest absolute Gasteiger partial charge is 0.154 e. The molecule has 5 heteroatoms. The summed E-state index contributed by atoms with van der Waals surface area (Å²) in [6.45, 7) is 5.82. The highest BCUT2D eigenvalue weighted by Gasteiger charge is 2.44. The van der Waals surface area contributed by atoms with Crippen LogP contribution in [0.5, 0.6) is 0 Å². The van der Waals surface area contributed by atoms with E-state index in [4.69, 9.17) is 0 Å². The van der Waals surface area contributed by atoms with Gasteiger partial charge in [-0.1, -0.05) is 26.7 Å². The van der Waals surface area contributed by atoms with E-state index in [2.05, 4.69) is 18.7 Å². The van der Waals surface area contributed by atoms with Gasteiger partial charge in [-0.05, 0) is 25.9 Å². The molecular formula is C13H25NO3S. The minimum Gasteiger partial charge on any atom is -0.298 e. The molecule has 1 aliphatic rings. The van der Waals surface area contributed by atoms with Crippen molar-refractivity contribution < 1.29 is 13.2 Å². The molecule has 18 heavy (non-hydrogen) atoms. The predicted octanol–water partition coefficient (Wildman–Crippen LogP) is 1.64. The number of sulfone groups is 1. The fourth-order valence-electron chi connectivity index (χ4n) is 3.07. The Balaban J connectivity index is 2.81. The van der Waals surface area contributed by atoms with Crippen LogP contribution in [-0.4, -0.2) is 49.7 Å². The number of hydrogen-bond acceptors (Lipinski definition) is 4. The SMILES string of the molecule is CCN(CC)C1(C(=O)CCS(C)(=O)=O)CCCC1. The summed E-state index contributed by atoms with van der Waals surface area (Å²) in [7, 11) is -3.05. The summed E-state index contributed by atoms with van der Waals surface area (Å²) in [4.78, 5) is 14.7. The number of Topliss-reactive ketones (excluding diaryl/α,β-unsaturated/α-hetero) is 1. The zero-order valence-electron chi connectivity index (χ0n) is 11.7. The number of rotatable bonds is 7. The molecule has 0 N–H and O–H groups in total. The molecule has 0 aromatic rings. The van der Waals surface area contributed by atoms with Crippen molar-refractivity contribution in [3.05, 3.63) is 0 Å². The predicted molar refractivity (Wildman–Crippen MR) is 73.5 cm³/mol. The molecule has 0 unspecified atom stereocenters. The van der Waals surface area contributed by atoms with Crippen molar-refractivity contribution in [2.45, 2.75) is 51.5 Å². The van der Waals surface area contributed by atoms with Crippen molar-refractivity contribution in [2.75, 3.05) is 25.1 Å². The van der Waals surface area contributed by atoms with Crippen LogP contribution in [-0.2, 0) is 14.6 Å². The lowest BCUT2D eigenvalue weighted by atomic mass is 9.88. The van der Waals surface area contributed by atoms with Crippen LogP contribution in [0.1, 0.15) is 46.0 Å². The second-order valence-electron chi connectivity index (χ2n) is 5.21. The van der Waals surface area contributed by atoms with Gasteiger partial charge in [0.1, 0.15) is 9.84 Å². The summed E-state index contributed by atoms with van der Waals surface area (Å²) in [6, 6.07) is 0. The largest absolute Gasteiger partial charge is 0.298 e. The van der Waals surface area contributed by atoms with Gasteiger partial charge in [0.15, 0.2) is 5.78 Å². The van der Waals surface area contributed by atoms with Gasteiger partial charge in [0.05, 0.1) is 11.3 Å². The van der Waals surface area contributed by atoms with E-state index in [9.17, 15) is 13.2 Å². The average molecular weight is 275 g/mol. The molecule has 4 nitrogen and oxygen atoms in total. The molecule has 0 spiro atoms. The molecular weight excluding hydrogens is 250 g/mol. The number of nitrogens with zero attached hydrogens (tertiary/aromatic N) is 1. The van der Waals surface area contributed by atoms with E-state index in [0.29, 0.717) is 0 Å². The van der Waals surface area contributed by atoms with Crippen LogP contribution >= 0.6 is 0 Å². The Labute approximate surface area is 111 Å². The van der Waals surface area contributed by atoms with Gasteiger partial charge in [-0.15, -0.1) is 0 Å². The first kappa shape index (κ1) is 15.6. The third kappa shape index (κ3) is 3.54. The van der Waals surface area contributed by atoms with Crippen LogP contribution in [0.4, 0.5) is 0 Å². The van der Waals surface area contributed by atoms with E-state index in [1.165, 1.54) is 6.26 Å².